The molecule has 1 atom stereocenters. The van der Waals surface area contributed by atoms with Gasteiger partial charge in [0.1, 0.15) is 10.4 Å². The molecule has 0 bridgehead atoms. The standard InChI is InChI=1S/C18H22N2O3S2/c1-11(2)9-14(17(22)23)20-16(21)15(25-18(20)24)10-12-5-7-13(8-6-12)19(3)4/h5-8,10-11,14H,9H2,1-4H3,(H,22,23)/b15-10-/t14-/m1/s1. The maximum Gasteiger partial charge on any atom is 0.326 e. The van der Waals surface area contributed by atoms with Crippen molar-refractivity contribution in [3.05, 3.63) is 34.7 Å². The van der Waals surface area contributed by atoms with Gasteiger partial charge >= 0.3 is 5.97 Å². The zero-order chi connectivity index (χ0) is 18.7. The van der Waals surface area contributed by atoms with E-state index in [0.717, 1.165) is 23.0 Å². The number of nitrogens with zero attached hydrogens (tertiary/aromatic N) is 2. The number of thioether (sulfide) groups is 1. The Morgan fingerprint density at radius 2 is 1.92 bits per heavy atom. The number of rotatable bonds is 6. The van der Waals surface area contributed by atoms with E-state index in [1.165, 1.54) is 4.90 Å². The third kappa shape index (κ3) is 4.61. The number of aliphatic carboxylic acids is 1. The fraction of sp³-hybridized carbons (Fsp3) is 0.389. The molecule has 1 N–H and O–H groups in total. The number of amides is 1. The Balaban J connectivity index is 2.26. The van der Waals surface area contributed by atoms with Gasteiger partial charge in [0.2, 0.25) is 0 Å². The minimum Gasteiger partial charge on any atom is -0.480 e. The number of carboxylic acid groups (broad SMARTS) is 1. The Morgan fingerprint density at radius 3 is 2.40 bits per heavy atom. The van der Waals surface area contributed by atoms with Gasteiger partial charge in [-0.1, -0.05) is 50.0 Å². The topological polar surface area (TPSA) is 60.9 Å². The Bertz CT molecular complexity index is 712. The van der Waals surface area contributed by atoms with Gasteiger partial charge in [-0.05, 0) is 36.1 Å². The molecule has 0 aromatic heterocycles. The third-order valence-corrected chi connectivity index (χ3v) is 5.15. The zero-order valence-corrected chi connectivity index (χ0v) is 16.4. The fourth-order valence-electron chi connectivity index (χ4n) is 2.53. The number of carboxylic acids is 1. The summed E-state index contributed by atoms with van der Waals surface area (Å²) in [6, 6.07) is 6.85. The summed E-state index contributed by atoms with van der Waals surface area (Å²) < 4.78 is 0.300. The van der Waals surface area contributed by atoms with Crippen LogP contribution < -0.4 is 4.90 Å². The number of hydrogen-bond acceptors (Lipinski definition) is 5. The maximum absolute atomic E-state index is 12.7. The number of carbonyl (C=O) groups is 2. The second-order valence-electron chi connectivity index (χ2n) is 6.52. The lowest BCUT2D eigenvalue weighted by atomic mass is 10.0. The van der Waals surface area contributed by atoms with Crippen molar-refractivity contribution in [3.63, 3.8) is 0 Å². The number of anilines is 1. The SMILES string of the molecule is CC(C)C[C@H](C(=O)O)N1C(=O)/C(=C/c2ccc(N(C)C)cc2)SC1=S. The fourth-order valence-corrected chi connectivity index (χ4v) is 3.89. The molecule has 1 aromatic carbocycles. The molecule has 1 aliphatic rings. The van der Waals surface area contributed by atoms with E-state index in [1.807, 2.05) is 57.1 Å². The highest BCUT2D eigenvalue weighted by Gasteiger charge is 2.40. The van der Waals surface area contributed by atoms with E-state index in [2.05, 4.69) is 0 Å². The van der Waals surface area contributed by atoms with Gasteiger partial charge in [-0.3, -0.25) is 9.69 Å². The summed E-state index contributed by atoms with van der Waals surface area (Å²) >= 11 is 6.43. The second-order valence-corrected chi connectivity index (χ2v) is 8.20. The van der Waals surface area contributed by atoms with Gasteiger partial charge in [-0.15, -0.1) is 0 Å². The average molecular weight is 379 g/mol. The van der Waals surface area contributed by atoms with Gasteiger partial charge in [-0.2, -0.15) is 0 Å². The van der Waals surface area contributed by atoms with Crippen LogP contribution in [0.2, 0.25) is 0 Å². The van der Waals surface area contributed by atoms with E-state index < -0.39 is 12.0 Å². The molecular weight excluding hydrogens is 356 g/mol. The van der Waals surface area contributed by atoms with Crippen LogP contribution in [0.1, 0.15) is 25.8 Å². The molecule has 7 heteroatoms. The first-order chi connectivity index (χ1) is 11.7. The van der Waals surface area contributed by atoms with Gasteiger partial charge in [0.25, 0.3) is 5.91 Å². The molecule has 0 saturated carbocycles. The highest BCUT2D eigenvalue weighted by atomic mass is 32.2. The van der Waals surface area contributed by atoms with Crippen molar-refractivity contribution in [2.24, 2.45) is 5.92 Å². The van der Waals surface area contributed by atoms with Crippen LogP contribution in [-0.2, 0) is 9.59 Å². The molecule has 0 unspecified atom stereocenters. The molecule has 2 rings (SSSR count). The summed E-state index contributed by atoms with van der Waals surface area (Å²) in [5.74, 6) is -1.21. The van der Waals surface area contributed by atoms with E-state index in [9.17, 15) is 14.7 Å². The molecule has 25 heavy (non-hydrogen) atoms. The summed E-state index contributed by atoms with van der Waals surface area (Å²) in [4.78, 5) is 28.0. The molecule has 0 aliphatic carbocycles. The highest BCUT2D eigenvalue weighted by Crippen LogP contribution is 2.35. The molecular formula is C18H22N2O3S2. The van der Waals surface area contributed by atoms with Crippen molar-refractivity contribution in [3.8, 4) is 0 Å². The van der Waals surface area contributed by atoms with Crippen LogP contribution in [0, 0.1) is 5.92 Å². The summed E-state index contributed by atoms with van der Waals surface area (Å²) in [7, 11) is 3.92. The zero-order valence-electron chi connectivity index (χ0n) is 14.7. The molecule has 1 heterocycles. The summed E-state index contributed by atoms with van der Waals surface area (Å²) in [6.45, 7) is 3.85. The molecule has 1 amide bonds. The van der Waals surface area contributed by atoms with Gasteiger partial charge in [0.05, 0.1) is 4.91 Å². The Hall–Kier alpha value is -1.86. The molecule has 1 fully saturated rings. The maximum atomic E-state index is 12.7. The van der Waals surface area contributed by atoms with Gasteiger partial charge in [0.15, 0.2) is 0 Å². The minimum absolute atomic E-state index is 0.147. The first kappa shape index (κ1) is 19.5. The summed E-state index contributed by atoms with van der Waals surface area (Å²) in [5.41, 5.74) is 1.94. The number of hydrogen-bond donors (Lipinski definition) is 1. The van der Waals surface area contributed by atoms with Crippen LogP contribution in [0.4, 0.5) is 5.69 Å². The normalized spacial score (nSPS) is 17.5. The molecule has 0 spiro atoms. The third-order valence-electron chi connectivity index (χ3n) is 3.82. The van der Waals surface area contributed by atoms with Crippen molar-refractivity contribution in [2.75, 3.05) is 19.0 Å². The average Bonchev–Trinajstić information content (AvgIpc) is 2.79. The largest absolute Gasteiger partial charge is 0.480 e. The van der Waals surface area contributed by atoms with Crippen molar-refractivity contribution >= 4 is 51.9 Å². The molecule has 1 aromatic rings. The molecule has 1 saturated heterocycles. The van der Waals surface area contributed by atoms with Crippen LogP contribution >= 0.6 is 24.0 Å². The number of thiocarbonyl (C=S) groups is 1. The van der Waals surface area contributed by atoms with Crippen molar-refractivity contribution in [1.29, 1.82) is 0 Å². The Morgan fingerprint density at radius 1 is 1.32 bits per heavy atom. The molecule has 134 valence electrons. The van der Waals surface area contributed by atoms with Gasteiger partial charge < -0.3 is 10.0 Å². The van der Waals surface area contributed by atoms with Crippen molar-refractivity contribution < 1.29 is 14.7 Å². The predicted octanol–water partition coefficient (Wildman–Crippen LogP) is 3.45. The van der Waals surface area contributed by atoms with Gasteiger partial charge in [-0.25, -0.2) is 4.79 Å². The van der Waals surface area contributed by atoms with Crippen molar-refractivity contribution in [2.45, 2.75) is 26.3 Å². The predicted molar refractivity (Wildman–Crippen MR) is 107 cm³/mol. The minimum atomic E-state index is -1.03. The lowest BCUT2D eigenvalue weighted by Crippen LogP contribution is -2.44. The Labute approximate surface area is 157 Å². The lowest BCUT2D eigenvalue weighted by Gasteiger charge is -2.24. The van der Waals surface area contributed by atoms with E-state index in [0.29, 0.717) is 15.6 Å². The van der Waals surface area contributed by atoms with E-state index in [4.69, 9.17) is 12.2 Å². The number of benzene rings is 1. The molecule has 5 nitrogen and oxygen atoms in total. The quantitative estimate of drug-likeness (QED) is 0.604. The van der Waals surface area contributed by atoms with Crippen LogP contribution in [0.15, 0.2) is 29.2 Å². The summed E-state index contributed by atoms with van der Waals surface area (Å²) in [6.07, 6.45) is 2.12. The van der Waals surface area contributed by atoms with Crippen LogP contribution in [0.3, 0.4) is 0 Å². The lowest BCUT2D eigenvalue weighted by molar-refractivity contribution is -0.145. The van der Waals surface area contributed by atoms with E-state index >= 15 is 0 Å². The monoisotopic (exact) mass is 378 g/mol. The van der Waals surface area contributed by atoms with Crippen LogP contribution in [-0.4, -0.2) is 46.3 Å². The number of carbonyl (C=O) groups excluding carboxylic acids is 1. The molecule has 1 aliphatic heterocycles. The second kappa shape index (κ2) is 8.01. The van der Waals surface area contributed by atoms with E-state index in [-0.39, 0.29) is 11.8 Å². The van der Waals surface area contributed by atoms with Crippen LogP contribution in [0.5, 0.6) is 0 Å². The first-order valence-corrected chi connectivity index (χ1v) is 9.20. The molecule has 0 radical (unpaired) electrons. The highest BCUT2D eigenvalue weighted by molar-refractivity contribution is 8.26. The van der Waals surface area contributed by atoms with Gasteiger partial charge in [0, 0.05) is 19.8 Å². The summed E-state index contributed by atoms with van der Waals surface area (Å²) in [5, 5.41) is 9.49. The smallest absolute Gasteiger partial charge is 0.326 e. The van der Waals surface area contributed by atoms with Crippen LogP contribution in [0.25, 0.3) is 6.08 Å². The first-order valence-electron chi connectivity index (χ1n) is 7.98. The van der Waals surface area contributed by atoms with Crippen molar-refractivity contribution in [1.82, 2.24) is 4.90 Å². The van der Waals surface area contributed by atoms with E-state index in [1.54, 1.807) is 6.08 Å². The Kier molecular flexibility index (Phi) is 6.24.